The number of carbonyl (C=O) groups excluding carboxylic acids is 1. The van der Waals surface area contributed by atoms with E-state index in [2.05, 4.69) is 4.99 Å². The highest BCUT2D eigenvalue weighted by molar-refractivity contribution is 7.94. The normalized spacial score (nSPS) is 23.8. The average molecular weight is 429 g/mol. The predicted octanol–water partition coefficient (Wildman–Crippen LogP) is 5.02. The number of carbonyl (C=O) groups is 1. The number of ketones is 1. The van der Waals surface area contributed by atoms with Gasteiger partial charge in [-0.15, -0.1) is 0 Å². The third kappa shape index (κ3) is 2.87. The third-order valence-electron chi connectivity index (χ3n) is 4.70. The summed E-state index contributed by atoms with van der Waals surface area (Å²) in [6, 6.07) is 9.58. The Bertz CT molecular complexity index is 1080. The summed E-state index contributed by atoms with van der Waals surface area (Å²) >= 11 is 18.1. The quantitative estimate of drug-likeness (QED) is 0.640. The molecule has 0 N–H and O–H groups in total. The van der Waals surface area contributed by atoms with Crippen molar-refractivity contribution in [3.8, 4) is 0 Å². The van der Waals surface area contributed by atoms with Crippen LogP contribution in [0.1, 0.15) is 24.3 Å². The van der Waals surface area contributed by atoms with Crippen LogP contribution in [0.4, 0.5) is 5.69 Å². The molecular weight excluding hydrogens is 417 g/mol. The largest absolute Gasteiger partial charge is 0.298 e. The average Bonchev–Trinajstić information content (AvgIpc) is 2.55. The standard InChI is InChI=1S/C18H12Cl3NO3S/c19-10-1-3-12(13(21)7-10)9-5-15-18(16(23)6-9)26(24,25)17-8-11(20)2-4-14(17)22-15/h1-4,7-9,18H,5-6H2. The Morgan fingerprint density at radius 2 is 1.65 bits per heavy atom. The van der Waals surface area contributed by atoms with E-state index >= 15 is 0 Å². The summed E-state index contributed by atoms with van der Waals surface area (Å²) in [7, 11) is -3.86. The summed E-state index contributed by atoms with van der Waals surface area (Å²) in [6.45, 7) is 0. The molecule has 4 rings (SSSR count). The van der Waals surface area contributed by atoms with Gasteiger partial charge < -0.3 is 0 Å². The molecule has 0 amide bonds. The molecule has 0 saturated heterocycles. The van der Waals surface area contributed by atoms with Gasteiger partial charge in [0, 0.05) is 27.2 Å². The summed E-state index contributed by atoms with van der Waals surface area (Å²) in [4.78, 5) is 17.2. The van der Waals surface area contributed by atoms with Crippen LogP contribution in [0.15, 0.2) is 46.3 Å². The molecule has 2 aromatic rings. The van der Waals surface area contributed by atoms with Gasteiger partial charge in [0.15, 0.2) is 20.9 Å². The molecule has 1 heterocycles. The van der Waals surface area contributed by atoms with E-state index in [0.29, 0.717) is 32.9 Å². The van der Waals surface area contributed by atoms with Crippen LogP contribution < -0.4 is 0 Å². The first kappa shape index (κ1) is 18.0. The van der Waals surface area contributed by atoms with E-state index in [1.165, 1.54) is 6.07 Å². The zero-order valence-corrected chi connectivity index (χ0v) is 16.3. The molecule has 4 nitrogen and oxygen atoms in total. The van der Waals surface area contributed by atoms with Crippen molar-refractivity contribution in [1.29, 1.82) is 0 Å². The van der Waals surface area contributed by atoms with Crippen LogP contribution in [0.25, 0.3) is 0 Å². The van der Waals surface area contributed by atoms with Crippen LogP contribution in [0.3, 0.4) is 0 Å². The molecule has 0 spiro atoms. The highest BCUT2D eigenvalue weighted by Crippen LogP contribution is 2.43. The van der Waals surface area contributed by atoms with Crippen molar-refractivity contribution in [1.82, 2.24) is 0 Å². The number of hydrogen-bond donors (Lipinski definition) is 0. The maximum Gasteiger partial charge on any atom is 0.195 e. The van der Waals surface area contributed by atoms with Crippen LogP contribution in [0, 0.1) is 0 Å². The number of rotatable bonds is 1. The number of aliphatic imine (C=N–C) groups is 1. The lowest BCUT2D eigenvalue weighted by Crippen LogP contribution is -2.44. The van der Waals surface area contributed by atoms with Gasteiger partial charge in [-0.1, -0.05) is 40.9 Å². The maximum absolute atomic E-state index is 13.0. The van der Waals surface area contributed by atoms with Gasteiger partial charge in [0.2, 0.25) is 0 Å². The first-order chi connectivity index (χ1) is 12.3. The van der Waals surface area contributed by atoms with Crippen molar-refractivity contribution in [3.05, 3.63) is 57.0 Å². The Labute approximate surface area is 165 Å². The monoisotopic (exact) mass is 427 g/mol. The van der Waals surface area contributed by atoms with E-state index in [0.717, 1.165) is 5.56 Å². The van der Waals surface area contributed by atoms with Gasteiger partial charge in [0.05, 0.1) is 10.6 Å². The third-order valence-corrected chi connectivity index (χ3v) is 7.60. The second-order valence-corrected chi connectivity index (χ2v) is 9.66. The molecule has 1 fully saturated rings. The van der Waals surface area contributed by atoms with Crippen molar-refractivity contribution in [2.75, 3.05) is 0 Å². The summed E-state index contributed by atoms with van der Waals surface area (Å²) in [6.07, 6.45) is 0.430. The first-order valence-electron chi connectivity index (χ1n) is 7.86. The van der Waals surface area contributed by atoms with E-state index in [9.17, 15) is 13.2 Å². The maximum atomic E-state index is 13.0. The molecule has 1 aliphatic heterocycles. The van der Waals surface area contributed by atoms with E-state index < -0.39 is 15.1 Å². The fourth-order valence-electron chi connectivity index (χ4n) is 3.57. The van der Waals surface area contributed by atoms with E-state index in [4.69, 9.17) is 34.8 Å². The zero-order valence-electron chi connectivity index (χ0n) is 13.2. The number of Topliss-reactive ketones (excluding diaryl/α,β-unsaturated/α-hetero) is 1. The molecule has 0 aromatic heterocycles. The Balaban J connectivity index is 1.81. The fraction of sp³-hybridized carbons (Fsp3) is 0.222. The van der Waals surface area contributed by atoms with Gasteiger partial charge in [-0.2, -0.15) is 0 Å². The smallest absolute Gasteiger partial charge is 0.195 e. The highest BCUT2D eigenvalue weighted by atomic mass is 35.5. The van der Waals surface area contributed by atoms with E-state index in [1.54, 1.807) is 30.3 Å². The topological polar surface area (TPSA) is 63.6 Å². The van der Waals surface area contributed by atoms with Gasteiger partial charge in [0.25, 0.3) is 0 Å². The van der Waals surface area contributed by atoms with E-state index in [-0.39, 0.29) is 23.0 Å². The molecule has 2 unspecified atom stereocenters. The number of nitrogens with zero attached hydrogens (tertiary/aromatic N) is 1. The first-order valence-corrected chi connectivity index (χ1v) is 10.5. The molecule has 2 atom stereocenters. The minimum absolute atomic E-state index is 0.00933. The molecule has 2 aliphatic rings. The van der Waals surface area contributed by atoms with Crippen LogP contribution in [-0.2, 0) is 14.6 Å². The minimum Gasteiger partial charge on any atom is -0.298 e. The molecule has 26 heavy (non-hydrogen) atoms. The van der Waals surface area contributed by atoms with Gasteiger partial charge in [0.1, 0.15) is 0 Å². The van der Waals surface area contributed by atoms with Gasteiger partial charge >= 0.3 is 0 Å². The summed E-state index contributed by atoms with van der Waals surface area (Å²) in [5, 5.41) is 0.0122. The van der Waals surface area contributed by atoms with Crippen molar-refractivity contribution in [3.63, 3.8) is 0 Å². The van der Waals surface area contributed by atoms with E-state index in [1.807, 2.05) is 0 Å². The Kier molecular flexibility index (Phi) is 4.39. The molecular formula is C18H12Cl3NO3S. The second kappa shape index (κ2) is 6.34. The number of benzene rings is 2. The molecule has 1 aliphatic carbocycles. The van der Waals surface area contributed by atoms with Crippen molar-refractivity contribution in [2.24, 2.45) is 4.99 Å². The van der Waals surface area contributed by atoms with Crippen LogP contribution in [0.2, 0.25) is 15.1 Å². The summed E-state index contributed by atoms with van der Waals surface area (Å²) in [5.41, 5.74) is 1.44. The number of fused-ring (bicyclic) bond motifs is 2. The second-order valence-electron chi connectivity index (χ2n) is 6.38. The Morgan fingerprint density at radius 1 is 0.962 bits per heavy atom. The highest BCUT2D eigenvalue weighted by Gasteiger charge is 2.46. The lowest BCUT2D eigenvalue weighted by Gasteiger charge is -2.32. The fourth-order valence-corrected chi connectivity index (χ4v) is 6.27. The van der Waals surface area contributed by atoms with Crippen LogP contribution >= 0.6 is 34.8 Å². The van der Waals surface area contributed by atoms with Crippen molar-refractivity contribution >= 4 is 61.8 Å². The molecule has 134 valence electrons. The van der Waals surface area contributed by atoms with Crippen molar-refractivity contribution < 1.29 is 13.2 Å². The van der Waals surface area contributed by atoms with Gasteiger partial charge in [-0.05, 0) is 48.2 Å². The molecule has 2 aromatic carbocycles. The number of halogens is 3. The van der Waals surface area contributed by atoms with Gasteiger partial charge in [-0.3, -0.25) is 9.79 Å². The Hall–Kier alpha value is -1.40. The summed E-state index contributed by atoms with van der Waals surface area (Å²) in [5.74, 6) is -0.608. The van der Waals surface area contributed by atoms with Gasteiger partial charge in [-0.25, -0.2) is 8.42 Å². The van der Waals surface area contributed by atoms with Crippen molar-refractivity contribution in [2.45, 2.75) is 28.9 Å². The predicted molar refractivity (Wildman–Crippen MR) is 103 cm³/mol. The number of sulfone groups is 1. The molecule has 1 saturated carbocycles. The SMILES string of the molecule is O=C1CC(c2ccc(Cl)cc2Cl)CC2=Nc3ccc(Cl)cc3S(=O)(=O)C12. The molecule has 0 radical (unpaired) electrons. The molecule has 8 heteroatoms. The number of hydrogen-bond acceptors (Lipinski definition) is 4. The minimum atomic E-state index is -3.86. The van der Waals surface area contributed by atoms with Crippen LogP contribution in [-0.4, -0.2) is 25.2 Å². The Morgan fingerprint density at radius 3 is 2.38 bits per heavy atom. The van der Waals surface area contributed by atoms with Crippen LogP contribution in [0.5, 0.6) is 0 Å². The lowest BCUT2D eigenvalue weighted by molar-refractivity contribution is -0.118. The summed E-state index contributed by atoms with van der Waals surface area (Å²) < 4.78 is 25.9. The zero-order chi connectivity index (χ0) is 18.6. The lowest BCUT2D eigenvalue weighted by atomic mass is 9.81. The molecule has 0 bridgehead atoms.